The molecule has 0 heterocycles. The van der Waals surface area contributed by atoms with Crippen LogP contribution in [-0.2, 0) is 0 Å². The summed E-state index contributed by atoms with van der Waals surface area (Å²) in [5.74, 6) is 0.430. The number of nitrogens with zero attached hydrogens (tertiary/aromatic N) is 1. The standard InChI is InChI=1S/C29H28NP/c1-21(30(2)3)28-13-8-14-29(28)31(26-17-15-22-9-4-6-11-24(22)19-26)27-18-16-23-10-5-7-12-25(23)20-27/h4-21,28H,1-3H3. The van der Waals surface area contributed by atoms with Crippen molar-refractivity contribution in [2.24, 2.45) is 5.92 Å². The fourth-order valence-electron chi connectivity index (χ4n) is 4.52. The Hall–Kier alpha value is -2.73. The van der Waals surface area contributed by atoms with Crippen LogP contribution in [0.25, 0.3) is 21.5 Å². The SMILES string of the molecule is CC(C1C=CC=C1P(c1ccc2ccccc2c1)c1ccc2ccccc2c1)N(C)C. The molecule has 0 N–H and O–H groups in total. The molecule has 0 amide bonds. The van der Waals surface area contributed by atoms with E-state index in [1.54, 1.807) is 5.31 Å². The molecule has 2 heteroatoms. The summed E-state index contributed by atoms with van der Waals surface area (Å²) in [7, 11) is 3.74. The van der Waals surface area contributed by atoms with Gasteiger partial charge >= 0.3 is 0 Å². The lowest BCUT2D eigenvalue weighted by Gasteiger charge is -2.32. The Bertz CT molecular complexity index is 1220. The predicted octanol–water partition coefficient (Wildman–Crippen LogP) is 6.45. The molecule has 2 atom stereocenters. The maximum Gasteiger partial charge on any atom is 0.0185 e. The van der Waals surface area contributed by atoms with Crippen molar-refractivity contribution >= 4 is 40.1 Å². The van der Waals surface area contributed by atoms with Crippen LogP contribution in [0.2, 0.25) is 0 Å². The highest BCUT2D eigenvalue weighted by Crippen LogP contribution is 2.50. The van der Waals surface area contributed by atoms with Crippen molar-refractivity contribution in [1.82, 2.24) is 4.90 Å². The van der Waals surface area contributed by atoms with Gasteiger partial charge in [-0.2, -0.15) is 0 Å². The van der Waals surface area contributed by atoms with Gasteiger partial charge in [0.1, 0.15) is 0 Å². The minimum absolute atomic E-state index is 0.430. The lowest BCUT2D eigenvalue weighted by molar-refractivity contribution is 0.281. The molecule has 0 bridgehead atoms. The van der Waals surface area contributed by atoms with E-state index in [0.29, 0.717) is 12.0 Å². The summed E-state index contributed by atoms with van der Waals surface area (Å²) in [6, 6.07) is 31.9. The molecule has 0 aliphatic heterocycles. The molecule has 4 aromatic carbocycles. The third kappa shape index (κ3) is 3.85. The van der Waals surface area contributed by atoms with E-state index in [-0.39, 0.29) is 0 Å². The Kier molecular flexibility index (Phi) is 5.48. The Balaban J connectivity index is 1.67. The molecule has 0 saturated carbocycles. The van der Waals surface area contributed by atoms with E-state index in [0.717, 1.165) is 0 Å². The average Bonchev–Trinajstić information content (AvgIpc) is 3.27. The normalized spacial score (nSPS) is 17.1. The number of benzene rings is 4. The third-order valence-electron chi connectivity index (χ3n) is 6.50. The van der Waals surface area contributed by atoms with Crippen molar-refractivity contribution in [1.29, 1.82) is 0 Å². The average molecular weight is 422 g/mol. The van der Waals surface area contributed by atoms with Crippen molar-refractivity contribution in [2.75, 3.05) is 14.1 Å². The molecule has 1 nitrogen and oxygen atoms in total. The maximum absolute atomic E-state index is 2.41. The van der Waals surface area contributed by atoms with E-state index in [2.05, 4.69) is 129 Å². The van der Waals surface area contributed by atoms with Crippen LogP contribution in [0.1, 0.15) is 6.92 Å². The highest BCUT2D eigenvalue weighted by molar-refractivity contribution is 7.76. The molecule has 0 aromatic heterocycles. The van der Waals surface area contributed by atoms with E-state index in [9.17, 15) is 0 Å². The van der Waals surface area contributed by atoms with Crippen LogP contribution in [-0.4, -0.2) is 25.0 Å². The smallest absolute Gasteiger partial charge is 0.0185 e. The van der Waals surface area contributed by atoms with Crippen LogP contribution in [0.5, 0.6) is 0 Å². The van der Waals surface area contributed by atoms with Crippen LogP contribution >= 0.6 is 7.92 Å². The van der Waals surface area contributed by atoms with Gasteiger partial charge in [0.05, 0.1) is 0 Å². The zero-order valence-electron chi connectivity index (χ0n) is 18.4. The zero-order chi connectivity index (χ0) is 21.4. The summed E-state index contributed by atoms with van der Waals surface area (Å²) in [5.41, 5.74) is 0. The van der Waals surface area contributed by atoms with Gasteiger partial charge in [-0.05, 0) is 78.5 Å². The molecule has 1 aliphatic carbocycles. The van der Waals surface area contributed by atoms with Gasteiger partial charge in [-0.3, -0.25) is 0 Å². The quantitative estimate of drug-likeness (QED) is 0.335. The highest BCUT2D eigenvalue weighted by atomic mass is 31.1. The van der Waals surface area contributed by atoms with Gasteiger partial charge in [-0.1, -0.05) is 91.0 Å². The van der Waals surface area contributed by atoms with Crippen LogP contribution in [0, 0.1) is 5.92 Å². The third-order valence-corrected chi connectivity index (χ3v) is 9.05. The summed E-state index contributed by atoms with van der Waals surface area (Å²) in [5, 5.41) is 9.63. The number of hydrogen-bond acceptors (Lipinski definition) is 1. The van der Waals surface area contributed by atoms with Gasteiger partial charge in [0.2, 0.25) is 0 Å². The minimum atomic E-state index is -0.623. The van der Waals surface area contributed by atoms with Crippen molar-refractivity contribution in [3.63, 3.8) is 0 Å². The first kappa shape index (κ1) is 20.2. The largest absolute Gasteiger partial charge is 0.306 e. The Morgan fingerprint density at radius 2 is 1.23 bits per heavy atom. The van der Waals surface area contributed by atoms with E-state index in [1.807, 2.05) is 0 Å². The van der Waals surface area contributed by atoms with Gasteiger partial charge in [0, 0.05) is 12.0 Å². The van der Waals surface area contributed by atoms with E-state index in [4.69, 9.17) is 0 Å². The number of fused-ring (bicyclic) bond motifs is 2. The summed E-state index contributed by atoms with van der Waals surface area (Å²) in [6.07, 6.45) is 7.02. The van der Waals surface area contributed by atoms with Crippen LogP contribution < -0.4 is 10.6 Å². The number of allylic oxidation sites excluding steroid dienone is 2. The number of hydrogen-bond donors (Lipinski definition) is 0. The Morgan fingerprint density at radius 3 is 1.74 bits per heavy atom. The molecule has 0 fully saturated rings. The zero-order valence-corrected chi connectivity index (χ0v) is 19.3. The fraction of sp³-hybridized carbons (Fsp3) is 0.172. The van der Waals surface area contributed by atoms with E-state index < -0.39 is 7.92 Å². The maximum atomic E-state index is 2.41. The molecule has 0 saturated heterocycles. The van der Waals surface area contributed by atoms with Crippen LogP contribution in [0.15, 0.2) is 108 Å². The summed E-state index contributed by atoms with van der Waals surface area (Å²) < 4.78 is 0. The van der Waals surface area contributed by atoms with Gasteiger partial charge in [-0.15, -0.1) is 0 Å². The lowest BCUT2D eigenvalue weighted by Crippen LogP contribution is -2.32. The topological polar surface area (TPSA) is 3.24 Å². The summed E-state index contributed by atoms with van der Waals surface area (Å²) >= 11 is 0. The van der Waals surface area contributed by atoms with Crippen molar-refractivity contribution in [2.45, 2.75) is 13.0 Å². The first-order valence-corrected chi connectivity index (χ1v) is 12.3. The van der Waals surface area contributed by atoms with Gasteiger partial charge in [-0.25, -0.2) is 0 Å². The molecular formula is C29H28NP. The first-order valence-electron chi connectivity index (χ1n) is 10.9. The molecule has 31 heavy (non-hydrogen) atoms. The molecule has 0 spiro atoms. The minimum Gasteiger partial charge on any atom is -0.306 e. The molecule has 2 unspecified atom stereocenters. The molecular weight excluding hydrogens is 393 g/mol. The van der Waals surface area contributed by atoms with Gasteiger partial charge < -0.3 is 4.90 Å². The molecule has 1 aliphatic rings. The van der Waals surface area contributed by atoms with Crippen LogP contribution in [0.3, 0.4) is 0 Å². The van der Waals surface area contributed by atoms with Crippen molar-refractivity contribution in [3.8, 4) is 0 Å². The van der Waals surface area contributed by atoms with E-state index in [1.165, 1.54) is 32.2 Å². The molecule has 154 valence electrons. The number of rotatable bonds is 5. The van der Waals surface area contributed by atoms with Gasteiger partial charge in [0.25, 0.3) is 0 Å². The lowest BCUT2D eigenvalue weighted by atomic mass is 10.0. The molecule has 5 rings (SSSR count). The Morgan fingerprint density at radius 1 is 0.710 bits per heavy atom. The summed E-state index contributed by atoms with van der Waals surface area (Å²) in [4.78, 5) is 2.34. The highest BCUT2D eigenvalue weighted by Gasteiger charge is 2.30. The summed E-state index contributed by atoms with van der Waals surface area (Å²) in [6.45, 7) is 2.34. The van der Waals surface area contributed by atoms with E-state index >= 15 is 0 Å². The predicted molar refractivity (Wildman–Crippen MR) is 138 cm³/mol. The first-order chi connectivity index (χ1) is 15.1. The second-order valence-electron chi connectivity index (χ2n) is 8.60. The Labute approximate surface area is 186 Å². The monoisotopic (exact) mass is 421 g/mol. The van der Waals surface area contributed by atoms with Crippen molar-refractivity contribution in [3.05, 3.63) is 108 Å². The molecule has 0 radical (unpaired) electrons. The second-order valence-corrected chi connectivity index (χ2v) is 10.8. The van der Waals surface area contributed by atoms with Crippen molar-refractivity contribution < 1.29 is 0 Å². The second kappa shape index (κ2) is 8.42. The van der Waals surface area contributed by atoms with Gasteiger partial charge in [0.15, 0.2) is 0 Å². The fourth-order valence-corrected chi connectivity index (χ4v) is 7.23. The molecule has 4 aromatic rings. The van der Waals surface area contributed by atoms with Crippen LogP contribution in [0.4, 0.5) is 0 Å².